The summed E-state index contributed by atoms with van der Waals surface area (Å²) in [6.45, 7) is 7.55. The average molecular weight is 239 g/mol. The molecule has 0 aliphatic carbocycles. The standard InChI is InChI=1S/C12H21N3O2/c1-12(2,3)17-11(16)9-13-5-4-7-15-8-6-14-10-15/h6,8,10,13H,4-5,7,9H2,1-3H3. The van der Waals surface area contributed by atoms with E-state index in [9.17, 15) is 4.79 Å². The molecule has 0 unspecified atom stereocenters. The predicted octanol–water partition coefficient (Wildman–Crippen LogP) is 1.20. The third kappa shape index (κ3) is 6.73. The Kier molecular flexibility index (Phi) is 5.15. The topological polar surface area (TPSA) is 56.1 Å². The molecule has 0 saturated carbocycles. The molecule has 1 rings (SSSR count). The molecule has 5 heteroatoms. The molecular weight excluding hydrogens is 218 g/mol. The second-order valence-corrected chi connectivity index (χ2v) is 4.92. The summed E-state index contributed by atoms with van der Waals surface area (Å²) in [5.41, 5.74) is -0.407. The molecule has 0 radical (unpaired) electrons. The van der Waals surface area contributed by atoms with Gasteiger partial charge >= 0.3 is 5.97 Å². The fourth-order valence-electron chi connectivity index (χ4n) is 1.37. The number of nitrogens with one attached hydrogen (secondary N) is 1. The monoisotopic (exact) mass is 239 g/mol. The van der Waals surface area contributed by atoms with Crippen molar-refractivity contribution in [3.63, 3.8) is 0 Å². The third-order valence-electron chi connectivity index (χ3n) is 2.02. The molecule has 0 saturated heterocycles. The van der Waals surface area contributed by atoms with Gasteiger partial charge in [-0.05, 0) is 33.7 Å². The minimum atomic E-state index is -0.407. The summed E-state index contributed by atoms with van der Waals surface area (Å²) in [6, 6.07) is 0. The zero-order valence-corrected chi connectivity index (χ0v) is 10.8. The number of carbonyl (C=O) groups excluding carboxylic acids is 1. The lowest BCUT2D eigenvalue weighted by molar-refractivity contribution is -0.153. The molecule has 1 aromatic rings. The maximum Gasteiger partial charge on any atom is 0.320 e. The number of esters is 1. The molecule has 0 aromatic carbocycles. The van der Waals surface area contributed by atoms with Crippen LogP contribution in [0.25, 0.3) is 0 Å². The van der Waals surface area contributed by atoms with Crippen molar-refractivity contribution in [2.24, 2.45) is 0 Å². The van der Waals surface area contributed by atoms with Gasteiger partial charge in [0.05, 0.1) is 12.9 Å². The van der Waals surface area contributed by atoms with E-state index in [2.05, 4.69) is 10.3 Å². The van der Waals surface area contributed by atoms with E-state index >= 15 is 0 Å². The molecule has 0 fully saturated rings. The predicted molar refractivity (Wildman–Crippen MR) is 65.6 cm³/mol. The molecule has 0 bridgehead atoms. The summed E-state index contributed by atoms with van der Waals surface area (Å²) in [7, 11) is 0. The number of aromatic nitrogens is 2. The number of hydrogen-bond acceptors (Lipinski definition) is 4. The Labute approximate surface area is 102 Å². The van der Waals surface area contributed by atoms with Crippen molar-refractivity contribution >= 4 is 5.97 Å². The fraction of sp³-hybridized carbons (Fsp3) is 0.667. The van der Waals surface area contributed by atoms with E-state index in [4.69, 9.17) is 4.74 Å². The molecule has 0 amide bonds. The van der Waals surface area contributed by atoms with Gasteiger partial charge in [-0.1, -0.05) is 0 Å². The Hall–Kier alpha value is -1.36. The van der Waals surface area contributed by atoms with Crippen LogP contribution in [0.15, 0.2) is 18.7 Å². The fourth-order valence-corrected chi connectivity index (χ4v) is 1.37. The highest BCUT2D eigenvalue weighted by Gasteiger charge is 2.15. The highest BCUT2D eigenvalue weighted by molar-refractivity contribution is 5.72. The van der Waals surface area contributed by atoms with Crippen molar-refractivity contribution in [2.75, 3.05) is 13.1 Å². The normalized spacial score (nSPS) is 11.5. The van der Waals surface area contributed by atoms with E-state index in [0.717, 1.165) is 19.5 Å². The maximum absolute atomic E-state index is 11.4. The lowest BCUT2D eigenvalue weighted by Gasteiger charge is -2.19. The summed E-state index contributed by atoms with van der Waals surface area (Å²) < 4.78 is 7.18. The number of carbonyl (C=O) groups is 1. The van der Waals surface area contributed by atoms with Crippen molar-refractivity contribution in [1.82, 2.24) is 14.9 Å². The van der Waals surface area contributed by atoms with Gasteiger partial charge in [-0.15, -0.1) is 0 Å². The van der Waals surface area contributed by atoms with Crippen LogP contribution in [0.2, 0.25) is 0 Å². The maximum atomic E-state index is 11.4. The average Bonchev–Trinajstić information content (AvgIpc) is 2.67. The number of aryl methyl sites for hydroxylation is 1. The van der Waals surface area contributed by atoms with Gasteiger partial charge in [0.2, 0.25) is 0 Å². The molecule has 1 N–H and O–H groups in total. The summed E-state index contributed by atoms with van der Waals surface area (Å²) in [4.78, 5) is 15.3. The third-order valence-corrected chi connectivity index (χ3v) is 2.02. The van der Waals surface area contributed by atoms with Crippen LogP contribution < -0.4 is 5.32 Å². The Balaban J connectivity index is 2.02. The summed E-state index contributed by atoms with van der Waals surface area (Å²) in [6.07, 6.45) is 6.43. The number of imidazole rings is 1. The minimum Gasteiger partial charge on any atom is -0.459 e. The smallest absolute Gasteiger partial charge is 0.320 e. The van der Waals surface area contributed by atoms with E-state index in [-0.39, 0.29) is 12.5 Å². The molecule has 17 heavy (non-hydrogen) atoms. The lowest BCUT2D eigenvalue weighted by Crippen LogP contribution is -2.32. The van der Waals surface area contributed by atoms with Crippen molar-refractivity contribution in [1.29, 1.82) is 0 Å². The van der Waals surface area contributed by atoms with Gasteiger partial charge in [-0.3, -0.25) is 4.79 Å². The van der Waals surface area contributed by atoms with E-state index in [1.807, 2.05) is 31.5 Å². The van der Waals surface area contributed by atoms with Crippen LogP contribution in [-0.2, 0) is 16.1 Å². The molecule has 1 heterocycles. The number of nitrogens with zero attached hydrogens (tertiary/aromatic N) is 2. The van der Waals surface area contributed by atoms with E-state index in [0.29, 0.717) is 0 Å². The first-order valence-electron chi connectivity index (χ1n) is 5.86. The lowest BCUT2D eigenvalue weighted by atomic mass is 10.2. The molecule has 0 atom stereocenters. The second kappa shape index (κ2) is 6.39. The SMILES string of the molecule is CC(C)(C)OC(=O)CNCCCn1ccnc1. The second-order valence-electron chi connectivity index (χ2n) is 4.92. The van der Waals surface area contributed by atoms with E-state index in [1.165, 1.54) is 0 Å². The summed E-state index contributed by atoms with van der Waals surface area (Å²) in [5.74, 6) is -0.208. The molecule has 0 aliphatic heterocycles. The number of rotatable bonds is 6. The Morgan fingerprint density at radius 3 is 2.82 bits per heavy atom. The first-order valence-corrected chi connectivity index (χ1v) is 5.86. The van der Waals surface area contributed by atoms with Crippen molar-refractivity contribution in [2.45, 2.75) is 39.3 Å². The van der Waals surface area contributed by atoms with E-state index < -0.39 is 5.60 Å². The molecule has 0 spiro atoms. The molecule has 96 valence electrons. The van der Waals surface area contributed by atoms with Gasteiger partial charge in [0.25, 0.3) is 0 Å². The van der Waals surface area contributed by atoms with Gasteiger partial charge in [0.1, 0.15) is 5.60 Å². The highest BCUT2D eigenvalue weighted by atomic mass is 16.6. The Morgan fingerprint density at radius 1 is 1.47 bits per heavy atom. The first kappa shape index (κ1) is 13.7. The van der Waals surface area contributed by atoms with Crippen LogP contribution in [-0.4, -0.2) is 34.2 Å². The molecule has 0 aliphatic rings. The van der Waals surface area contributed by atoms with Crippen molar-refractivity contribution in [3.05, 3.63) is 18.7 Å². The van der Waals surface area contributed by atoms with Gasteiger partial charge in [-0.2, -0.15) is 0 Å². The molecule has 1 aromatic heterocycles. The van der Waals surface area contributed by atoms with Crippen LogP contribution in [0.1, 0.15) is 27.2 Å². The molecule has 5 nitrogen and oxygen atoms in total. The minimum absolute atomic E-state index is 0.208. The van der Waals surface area contributed by atoms with Crippen LogP contribution in [0, 0.1) is 0 Å². The quantitative estimate of drug-likeness (QED) is 0.599. The van der Waals surface area contributed by atoms with Crippen LogP contribution in [0.4, 0.5) is 0 Å². The van der Waals surface area contributed by atoms with Crippen molar-refractivity contribution in [3.8, 4) is 0 Å². The number of hydrogen-bond donors (Lipinski definition) is 1. The van der Waals surface area contributed by atoms with Crippen LogP contribution >= 0.6 is 0 Å². The van der Waals surface area contributed by atoms with Gasteiger partial charge < -0.3 is 14.6 Å². The zero-order chi connectivity index (χ0) is 12.7. The Bertz CT molecular complexity index is 328. The summed E-state index contributed by atoms with van der Waals surface area (Å²) in [5, 5.41) is 3.06. The van der Waals surface area contributed by atoms with Crippen LogP contribution in [0.3, 0.4) is 0 Å². The van der Waals surface area contributed by atoms with Crippen molar-refractivity contribution < 1.29 is 9.53 Å². The van der Waals surface area contributed by atoms with E-state index in [1.54, 1.807) is 12.5 Å². The highest BCUT2D eigenvalue weighted by Crippen LogP contribution is 2.06. The zero-order valence-electron chi connectivity index (χ0n) is 10.8. The largest absolute Gasteiger partial charge is 0.459 e. The number of ether oxygens (including phenoxy) is 1. The molecular formula is C12H21N3O2. The summed E-state index contributed by atoms with van der Waals surface area (Å²) >= 11 is 0. The van der Waals surface area contributed by atoms with Gasteiger partial charge in [-0.25, -0.2) is 4.98 Å². The van der Waals surface area contributed by atoms with Crippen LogP contribution in [0.5, 0.6) is 0 Å². The van der Waals surface area contributed by atoms with Gasteiger partial charge in [0.15, 0.2) is 0 Å². The van der Waals surface area contributed by atoms with Gasteiger partial charge in [0, 0.05) is 18.9 Å². The Morgan fingerprint density at radius 2 is 2.24 bits per heavy atom. The first-order chi connectivity index (χ1) is 7.97.